The molecule has 1 amide bonds. The number of carbonyl (C=O) groups excluding carboxylic acids is 1. The molecule has 0 saturated carbocycles. The van der Waals surface area contributed by atoms with Gasteiger partial charge in [-0.2, -0.15) is 0 Å². The number of nitrogens with one attached hydrogen (secondary N) is 1. The van der Waals surface area contributed by atoms with Crippen LogP contribution in [0.2, 0.25) is 0 Å². The third kappa shape index (κ3) is 6.03. The summed E-state index contributed by atoms with van der Waals surface area (Å²) >= 11 is 0. The lowest BCUT2D eigenvalue weighted by Gasteiger charge is -2.27. The number of primary amides is 1. The number of ether oxygens (including phenoxy) is 1. The van der Waals surface area contributed by atoms with Crippen LogP contribution < -0.4 is 11.1 Å². The van der Waals surface area contributed by atoms with Gasteiger partial charge in [0, 0.05) is 6.61 Å². The summed E-state index contributed by atoms with van der Waals surface area (Å²) in [7, 11) is 0. The van der Waals surface area contributed by atoms with Gasteiger partial charge < -0.3 is 15.8 Å². The van der Waals surface area contributed by atoms with Crippen LogP contribution in [0.4, 0.5) is 0 Å². The zero-order valence-corrected chi connectivity index (χ0v) is 11.9. The van der Waals surface area contributed by atoms with Crippen LogP contribution in [0.15, 0.2) is 0 Å². The van der Waals surface area contributed by atoms with Crippen molar-refractivity contribution in [2.24, 2.45) is 11.7 Å². The van der Waals surface area contributed by atoms with Crippen molar-refractivity contribution >= 4 is 5.91 Å². The minimum Gasteiger partial charge on any atom is -0.378 e. The van der Waals surface area contributed by atoms with Gasteiger partial charge in [0.25, 0.3) is 0 Å². The topological polar surface area (TPSA) is 64.3 Å². The summed E-state index contributed by atoms with van der Waals surface area (Å²) in [4.78, 5) is 11.4. The summed E-state index contributed by atoms with van der Waals surface area (Å²) in [5.41, 5.74) is 4.79. The van der Waals surface area contributed by atoms with Crippen molar-refractivity contribution in [1.29, 1.82) is 0 Å². The zero-order chi connectivity index (χ0) is 13.5. The van der Waals surface area contributed by atoms with Gasteiger partial charge in [0.2, 0.25) is 5.91 Å². The van der Waals surface area contributed by atoms with Gasteiger partial charge in [-0.05, 0) is 39.2 Å². The average Bonchev–Trinajstić information content (AvgIpc) is 2.24. The number of nitrogens with two attached hydrogens (primary N) is 1. The minimum atomic E-state index is -0.612. The van der Waals surface area contributed by atoms with Gasteiger partial charge in [-0.25, -0.2) is 0 Å². The molecule has 0 aromatic heterocycles. The SMILES string of the molecule is CCNC(C)(CCCOC(C)C(C)C)C(N)=O. The summed E-state index contributed by atoms with van der Waals surface area (Å²) in [6, 6.07) is 0. The first-order valence-electron chi connectivity index (χ1n) is 6.50. The molecule has 4 heteroatoms. The fourth-order valence-electron chi connectivity index (χ4n) is 1.58. The highest BCUT2D eigenvalue weighted by atomic mass is 16.5. The number of amides is 1. The van der Waals surface area contributed by atoms with E-state index in [1.165, 1.54) is 0 Å². The predicted octanol–water partition coefficient (Wildman–Crippen LogP) is 1.68. The number of hydrogen-bond acceptors (Lipinski definition) is 3. The van der Waals surface area contributed by atoms with Crippen molar-refractivity contribution < 1.29 is 9.53 Å². The summed E-state index contributed by atoms with van der Waals surface area (Å²) in [6.07, 6.45) is 1.80. The molecule has 0 spiro atoms. The van der Waals surface area contributed by atoms with E-state index in [-0.39, 0.29) is 12.0 Å². The summed E-state index contributed by atoms with van der Waals surface area (Å²) in [5, 5.41) is 3.14. The molecule has 0 fully saturated rings. The van der Waals surface area contributed by atoms with Gasteiger partial charge in [0.1, 0.15) is 0 Å². The first-order valence-corrected chi connectivity index (χ1v) is 6.50. The maximum atomic E-state index is 11.4. The van der Waals surface area contributed by atoms with Crippen LogP contribution >= 0.6 is 0 Å². The van der Waals surface area contributed by atoms with E-state index in [0.29, 0.717) is 18.9 Å². The van der Waals surface area contributed by atoms with E-state index in [2.05, 4.69) is 26.1 Å². The van der Waals surface area contributed by atoms with Gasteiger partial charge >= 0.3 is 0 Å². The van der Waals surface area contributed by atoms with Crippen molar-refractivity contribution in [2.75, 3.05) is 13.2 Å². The van der Waals surface area contributed by atoms with E-state index in [9.17, 15) is 4.79 Å². The standard InChI is InChI=1S/C13H28N2O2/c1-6-15-13(5,12(14)16)8-7-9-17-11(4)10(2)3/h10-11,15H,6-9H2,1-5H3,(H2,14,16). The second-order valence-corrected chi connectivity index (χ2v) is 5.15. The van der Waals surface area contributed by atoms with Crippen LogP contribution in [0.5, 0.6) is 0 Å². The van der Waals surface area contributed by atoms with Gasteiger partial charge in [-0.15, -0.1) is 0 Å². The summed E-state index contributed by atoms with van der Waals surface area (Å²) in [6.45, 7) is 11.6. The van der Waals surface area contributed by atoms with Gasteiger partial charge in [0.15, 0.2) is 0 Å². The molecule has 0 radical (unpaired) electrons. The highest BCUT2D eigenvalue weighted by Gasteiger charge is 2.29. The fraction of sp³-hybridized carbons (Fsp3) is 0.923. The molecule has 0 aromatic carbocycles. The molecule has 2 atom stereocenters. The lowest BCUT2D eigenvalue weighted by atomic mass is 9.95. The van der Waals surface area contributed by atoms with Crippen LogP contribution in [0, 0.1) is 5.92 Å². The number of likely N-dealkylation sites (N-methyl/N-ethyl adjacent to an activating group) is 1. The highest BCUT2D eigenvalue weighted by Crippen LogP contribution is 2.13. The second kappa shape index (κ2) is 7.67. The van der Waals surface area contributed by atoms with E-state index in [1.54, 1.807) is 0 Å². The highest BCUT2D eigenvalue weighted by molar-refractivity contribution is 5.84. The van der Waals surface area contributed by atoms with Gasteiger partial charge in [-0.3, -0.25) is 4.79 Å². The molecule has 0 saturated heterocycles. The Bertz CT molecular complexity index is 231. The van der Waals surface area contributed by atoms with Crippen LogP contribution in [-0.2, 0) is 9.53 Å². The molecule has 0 aliphatic carbocycles. The van der Waals surface area contributed by atoms with Gasteiger partial charge in [-0.1, -0.05) is 20.8 Å². The lowest BCUT2D eigenvalue weighted by Crippen LogP contribution is -2.53. The van der Waals surface area contributed by atoms with E-state index >= 15 is 0 Å². The third-order valence-electron chi connectivity index (χ3n) is 3.25. The van der Waals surface area contributed by atoms with E-state index in [0.717, 1.165) is 13.0 Å². The smallest absolute Gasteiger partial charge is 0.237 e. The second-order valence-electron chi connectivity index (χ2n) is 5.15. The molecule has 17 heavy (non-hydrogen) atoms. The lowest BCUT2D eigenvalue weighted by molar-refractivity contribution is -0.124. The minimum absolute atomic E-state index is 0.258. The molecule has 0 heterocycles. The number of rotatable bonds is 9. The van der Waals surface area contributed by atoms with E-state index in [1.807, 2.05) is 13.8 Å². The van der Waals surface area contributed by atoms with Crippen molar-refractivity contribution in [1.82, 2.24) is 5.32 Å². The van der Waals surface area contributed by atoms with Crippen LogP contribution in [0.25, 0.3) is 0 Å². The monoisotopic (exact) mass is 244 g/mol. The van der Waals surface area contributed by atoms with Crippen molar-refractivity contribution in [2.45, 2.75) is 59.1 Å². The Morgan fingerprint density at radius 1 is 1.41 bits per heavy atom. The van der Waals surface area contributed by atoms with Crippen LogP contribution in [0.3, 0.4) is 0 Å². The zero-order valence-electron chi connectivity index (χ0n) is 11.9. The molecule has 0 rings (SSSR count). The Morgan fingerprint density at radius 2 is 2.00 bits per heavy atom. The molecular formula is C13H28N2O2. The molecule has 3 N–H and O–H groups in total. The maximum absolute atomic E-state index is 11.4. The summed E-state index contributed by atoms with van der Waals surface area (Å²) in [5.74, 6) is 0.225. The molecule has 0 bridgehead atoms. The third-order valence-corrected chi connectivity index (χ3v) is 3.25. The Kier molecular flexibility index (Phi) is 7.39. The molecule has 0 aliphatic heterocycles. The largest absolute Gasteiger partial charge is 0.378 e. The maximum Gasteiger partial charge on any atom is 0.237 e. The Morgan fingerprint density at radius 3 is 2.41 bits per heavy atom. The molecule has 0 aliphatic rings. The Labute approximate surface area is 105 Å². The average molecular weight is 244 g/mol. The molecule has 102 valence electrons. The molecule has 2 unspecified atom stereocenters. The predicted molar refractivity (Wildman–Crippen MR) is 70.8 cm³/mol. The first-order chi connectivity index (χ1) is 7.83. The van der Waals surface area contributed by atoms with Crippen molar-refractivity contribution in [3.8, 4) is 0 Å². The van der Waals surface area contributed by atoms with Gasteiger partial charge in [0.05, 0.1) is 11.6 Å². The van der Waals surface area contributed by atoms with Crippen LogP contribution in [-0.4, -0.2) is 30.7 Å². The Balaban J connectivity index is 3.95. The Hall–Kier alpha value is -0.610. The molecular weight excluding hydrogens is 216 g/mol. The first kappa shape index (κ1) is 16.4. The van der Waals surface area contributed by atoms with Crippen LogP contribution in [0.1, 0.15) is 47.5 Å². The summed E-state index contributed by atoms with van der Waals surface area (Å²) < 4.78 is 5.68. The molecule has 4 nitrogen and oxygen atoms in total. The number of carbonyl (C=O) groups is 1. The quantitative estimate of drug-likeness (QED) is 0.607. The normalized spacial score (nSPS) is 16.8. The van der Waals surface area contributed by atoms with Crippen molar-refractivity contribution in [3.63, 3.8) is 0 Å². The van der Waals surface area contributed by atoms with Crippen molar-refractivity contribution in [3.05, 3.63) is 0 Å². The number of hydrogen-bond donors (Lipinski definition) is 2. The van der Waals surface area contributed by atoms with E-state index < -0.39 is 5.54 Å². The molecule has 0 aromatic rings. The fourth-order valence-corrected chi connectivity index (χ4v) is 1.58. The van der Waals surface area contributed by atoms with E-state index in [4.69, 9.17) is 10.5 Å².